The van der Waals surface area contributed by atoms with Crippen LogP contribution in [-0.4, -0.2) is 0 Å². The van der Waals surface area contributed by atoms with Gasteiger partial charge in [0.1, 0.15) is 0 Å². The van der Waals surface area contributed by atoms with Crippen LogP contribution in [0.5, 0.6) is 0 Å². The molecule has 0 fully saturated rings. The van der Waals surface area contributed by atoms with E-state index in [4.69, 9.17) is 5.26 Å². The van der Waals surface area contributed by atoms with E-state index in [1.54, 1.807) is 6.20 Å². The van der Waals surface area contributed by atoms with Crippen molar-refractivity contribution in [3.63, 3.8) is 0 Å². The van der Waals surface area contributed by atoms with Gasteiger partial charge in [-0.3, -0.25) is 0 Å². The zero-order valence-corrected chi connectivity index (χ0v) is 6.51. The van der Waals surface area contributed by atoms with Crippen molar-refractivity contribution in [2.75, 3.05) is 0 Å². The Labute approximate surface area is 67.5 Å². The topological polar surface area (TPSA) is 35.8 Å². The van der Waals surface area contributed by atoms with Gasteiger partial charge in [-0.15, -0.1) is 0 Å². The maximum Gasteiger partial charge on any atom is 0.0625 e. The quantitative estimate of drug-likeness (QED) is 0.478. The largest absolute Gasteiger partial charge is 0.363 e. The van der Waals surface area contributed by atoms with Crippen molar-refractivity contribution in [1.29, 1.82) is 5.26 Å². The minimum Gasteiger partial charge on any atom is -0.363 e. The van der Waals surface area contributed by atoms with Crippen LogP contribution in [0.25, 0.3) is 0 Å². The lowest BCUT2D eigenvalue weighted by atomic mass is 10.3. The number of hydrogen-bond donors (Lipinski definition) is 1. The second-order valence-electron chi connectivity index (χ2n) is 1.97. The van der Waals surface area contributed by atoms with Crippen LogP contribution in [0.15, 0.2) is 37.2 Å². The zero-order chi connectivity index (χ0) is 8.53. The first kappa shape index (κ1) is 9.51. The van der Waals surface area contributed by atoms with E-state index in [1.165, 1.54) is 0 Å². The molecule has 0 atom stereocenters. The van der Waals surface area contributed by atoms with Crippen LogP contribution in [0, 0.1) is 11.3 Å². The minimum absolute atomic E-state index is 0.553. The fourth-order valence-corrected chi connectivity index (χ4v) is 0.553. The van der Waals surface area contributed by atoms with Gasteiger partial charge in [0.05, 0.1) is 6.07 Å². The minimum atomic E-state index is 0.553. The lowest BCUT2D eigenvalue weighted by Crippen LogP contribution is -1.98. The van der Waals surface area contributed by atoms with E-state index >= 15 is 0 Å². The van der Waals surface area contributed by atoms with Crippen molar-refractivity contribution in [2.24, 2.45) is 0 Å². The molecule has 0 saturated heterocycles. The van der Waals surface area contributed by atoms with Crippen molar-refractivity contribution in [3.8, 4) is 6.07 Å². The van der Waals surface area contributed by atoms with Gasteiger partial charge in [-0.1, -0.05) is 19.2 Å². The Balaban J connectivity index is 3.49. The summed E-state index contributed by atoms with van der Waals surface area (Å²) in [6.07, 6.45) is 6.63. The number of nitriles is 1. The van der Waals surface area contributed by atoms with Crippen LogP contribution in [0.1, 0.15) is 12.8 Å². The van der Waals surface area contributed by atoms with Gasteiger partial charge in [-0.05, 0) is 18.7 Å². The van der Waals surface area contributed by atoms with E-state index in [2.05, 4.69) is 24.5 Å². The Morgan fingerprint density at radius 3 is 2.91 bits per heavy atom. The molecule has 0 aromatic heterocycles. The summed E-state index contributed by atoms with van der Waals surface area (Å²) >= 11 is 0. The van der Waals surface area contributed by atoms with Gasteiger partial charge in [0.2, 0.25) is 0 Å². The number of unbranched alkanes of at least 4 members (excludes halogenated alkanes) is 1. The SMILES string of the molecule is C=CNC(=C)/C=C\CCC#N. The highest BCUT2D eigenvalue weighted by Crippen LogP contribution is 1.92. The lowest BCUT2D eigenvalue weighted by molar-refractivity contribution is 1.05. The Morgan fingerprint density at radius 1 is 1.64 bits per heavy atom. The summed E-state index contributed by atoms with van der Waals surface area (Å²) < 4.78 is 0. The van der Waals surface area contributed by atoms with E-state index in [0.717, 1.165) is 12.1 Å². The molecule has 0 bridgehead atoms. The van der Waals surface area contributed by atoms with Crippen molar-refractivity contribution < 1.29 is 0 Å². The van der Waals surface area contributed by atoms with E-state index in [0.29, 0.717) is 6.42 Å². The van der Waals surface area contributed by atoms with Gasteiger partial charge >= 0.3 is 0 Å². The molecule has 0 rings (SSSR count). The molecule has 0 radical (unpaired) electrons. The highest BCUT2D eigenvalue weighted by molar-refractivity contribution is 5.13. The van der Waals surface area contributed by atoms with E-state index in [9.17, 15) is 0 Å². The van der Waals surface area contributed by atoms with Crippen LogP contribution >= 0.6 is 0 Å². The predicted octanol–water partition coefficient (Wildman–Crippen LogP) is 2.09. The average molecular weight is 148 g/mol. The van der Waals surface area contributed by atoms with Crippen molar-refractivity contribution >= 4 is 0 Å². The average Bonchev–Trinajstić information content (AvgIpc) is 1.99. The van der Waals surface area contributed by atoms with Crippen LogP contribution in [-0.2, 0) is 0 Å². The molecular formula is C9H12N2. The standard InChI is InChI=1S/C9H12N2/c1-3-11-9(2)7-5-4-6-8-10/h3,5,7,11H,1-2,4,6H2/b7-5-. The van der Waals surface area contributed by atoms with E-state index in [1.807, 2.05) is 12.2 Å². The number of nitrogens with one attached hydrogen (secondary N) is 1. The molecule has 0 amide bonds. The molecule has 0 heterocycles. The molecule has 0 aliphatic carbocycles. The van der Waals surface area contributed by atoms with Gasteiger partial charge in [0, 0.05) is 12.1 Å². The molecular weight excluding hydrogens is 136 g/mol. The molecule has 0 unspecified atom stereocenters. The molecule has 58 valence electrons. The van der Waals surface area contributed by atoms with Gasteiger partial charge in [0.25, 0.3) is 0 Å². The third-order valence-electron chi connectivity index (χ3n) is 1.03. The number of nitrogens with zero attached hydrogens (tertiary/aromatic N) is 1. The Bertz CT molecular complexity index is 196. The van der Waals surface area contributed by atoms with E-state index in [-0.39, 0.29) is 0 Å². The second-order valence-corrected chi connectivity index (χ2v) is 1.97. The molecule has 2 nitrogen and oxygen atoms in total. The summed E-state index contributed by atoms with van der Waals surface area (Å²) in [5, 5.41) is 11.0. The monoisotopic (exact) mass is 148 g/mol. The van der Waals surface area contributed by atoms with Crippen molar-refractivity contribution in [2.45, 2.75) is 12.8 Å². The zero-order valence-electron chi connectivity index (χ0n) is 6.51. The number of rotatable bonds is 5. The fraction of sp³-hybridized carbons (Fsp3) is 0.222. The first-order valence-electron chi connectivity index (χ1n) is 3.41. The first-order valence-corrected chi connectivity index (χ1v) is 3.41. The maximum absolute atomic E-state index is 8.20. The maximum atomic E-state index is 8.20. The van der Waals surface area contributed by atoms with Crippen LogP contribution in [0.2, 0.25) is 0 Å². The van der Waals surface area contributed by atoms with Gasteiger partial charge in [0.15, 0.2) is 0 Å². The molecule has 0 aromatic rings. The predicted molar refractivity (Wildman–Crippen MR) is 46.5 cm³/mol. The van der Waals surface area contributed by atoms with Gasteiger partial charge in [-0.2, -0.15) is 5.26 Å². The van der Waals surface area contributed by atoms with Gasteiger partial charge in [-0.25, -0.2) is 0 Å². The summed E-state index contributed by atoms with van der Waals surface area (Å²) in [6.45, 7) is 7.18. The molecule has 1 N–H and O–H groups in total. The molecule has 0 aliphatic rings. The highest BCUT2D eigenvalue weighted by Gasteiger charge is 1.80. The molecule has 0 saturated carbocycles. The number of allylic oxidation sites excluding steroid dienone is 2. The van der Waals surface area contributed by atoms with Gasteiger partial charge < -0.3 is 5.32 Å². The summed E-state index contributed by atoms with van der Waals surface area (Å²) in [7, 11) is 0. The third kappa shape index (κ3) is 6.39. The van der Waals surface area contributed by atoms with Crippen LogP contribution in [0.3, 0.4) is 0 Å². The first-order chi connectivity index (χ1) is 5.31. The lowest BCUT2D eigenvalue weighted by Gasteiger charge is -1.95. The summed E-state index contributed by atoms with van der Waals surface area (Å²) in [5.74, 6) is 0. The summed E-state index contributed by atoms with van der Waals surface area (Å²) in [6, 6.07) is 2.05. The molecule has 0 aromatic carbocycles. The third-order valence-corrected chi connectivity index (χ3v) is 1.03. The summed E-state index contributed by atoms with van der Waals surface area (Å²) in [4.78, 5) is 0. The Hall–Kier alpha value is -1.49. The molecule has 0 aliphatic heterocycles. The molecule has 2 heteroatoms. The Kier molecular flexibility index (Phi) is 5.73. The normalized spacial score (nSPS) is 9.00. The van der Waals surface area contributed by atoms with Crippen LogP contribution in [0.4, 0.5) is 0 Å². The number of hydrogen-bond acceptors (Lipinski definition) is 2. The van der Waals surface area contributed by atoms with Crippen molar-refractivity contribution in [3.05, 3.63) is 37.2 Å². The molecule has 0 spiro atoms. The second kappa shape index (κ2) is 6.63. The fourth-order valence-electron chi connectivity index (χ4n) is 0.553. The van der Waals surface area contributed by atoms with E-state index < -0.39 is 0 Å². The Morgan fingerprint density at radius 2 is 2.36 bits per heavy atom. The van der Waals surface area contributed by atoms with Crippen molar-refractivity contribution in [1.82, 2.24) is 5.32 Å². The molecule has 11 heavy (non-hydrogen) atoms. The summed E-state index contributed by atoms with van der Waals surface area (Å²) in [5.41, 5.74) is 0.790. The smallest absolute Gasteiger partial charge is 0.0625 e. The highest BCUT2D eigenvalue weighted by atomic mass is 14.8. The van der Waals surface area contributed by atoms with Crippen LogP contribution < -0.4 is 5.32 Å².